The maximum Gasteiger partial charge on any atom is 0.407 e. The van der Waals surface area contributed by atoms with E-state index in [9.17, 15) is 23.1 Å². The van der Waals surface area contributed by atoms with Crippen molar-refractivity contribution in [1.82, 2.24) is 0 Å². The standard InChI is InChI=1S/C10H10F3NO3/c1-4-2-3-5(9(16)17)6(7(4)15)8(14)10(11,12)13/h2-3,8,15H,14H2,1H3,(H,16,17)/t8-/m0/s1. The Bertz CT molecular complexity index is 457. The van der Waals surface area contributed by atoms with Crippen LogP contribution in [-0.4, -0.2) is 22.4 Å². The molecule has 1 atom stereocenters. The maximum absolute atomic E-state index is 12.5. The lowest BCUT2D eigenvalue weighted by molar-refractivity contribution is -0.149. The summed E-state index contributed by atoms with van der Waals surface area (Å²) >= 11 is 0. The van der Waals surface area contributed by atoms with Gasteiger partial charge in [0.2, 0.25) is 0 Å². The van der Waals surface area contributed by atoms with Crippen molar-refractivity contribution in [2.45, 2.75) is 19.1 Å². The largest absolute Gasteiger partial charge is 0.507 e. The van der Waals surface area contributed by atoms with Crippen molar-refractivity contribution >= 4 is 5.97 Å². The van der Waals surface area contributed by atoms with E-state index in [2.05, 4.69) is 0 Å². The molecule has 1 aromatic carbocycles. The van der Waals surface area contributed by atoms with Gasteiger partial charge in [0, 0.05) is 5.56 Å². The van der Waals surface area contributed by atoms with Crippen molar-refractivity contribution in [2.75, 3.05) is 0 Å². The zero-order valence-corrected chi connectivity index (χ0v) is 8.75. The fraction of sp³-hybridized carbons (Fsp3) is 0.300. The smallest absolute Gasteiger partial charge is 0.407 e. The Morgan fingerprint density at radius 1 is 1.41 bits per heavy atom. The molecule has 0 aliphatic rings. The van der Waals surface area contributed by atoms with E-state index < -0.39 is 35.1 Å². The lowest BCUT2D eigenvalue weighted by Crippen LogP contribution is -2.30. The highest BCUT2D eigenvalue weighted by Crippen LogP contribution is 2.38. The van der Waals surface area contributed by atoms with Crippen LogP contribution < -0.4 is 5.73 Å². The third kappa shape index (κ3) is 2.50. The number of carboxylic acids is 1. The second-order valence-electron chi connectivity index (χ2n) is 3.52. The zero-order valence-electron chi connectivity index (χ0n) is 8.75. The molecule has 0 bridgehead atoms. The molecule has 0 amide bonds. The average Bonchev–Trinajstić information content (AvgIpc) is 2.19. The molecule has 0 aliphatic heterocycles. The van der Waals surface area contributed by atoms with Gasteiger partial charge in [-0.2, -0.15) is 13.2 Å². The van der Waals surface area contributed by atoms with Crippen LogP contribution in [0.4, 0.5) is 13.2 Å². The van der Waals surface area contributed by atoms with E-state index in [1.165, 1.54) is 13.0 Å². The number of aromatic hydroxyl groups is 1. The van der Waals surface area contributed by atoms with E-state index in [1.807, 2.05) is 0 Å². The number of nitrogens with two attached hydrogens (primary N) is 1. The number of halogens is 3. The predicted molar refractivity (Wildman–Crippen MR) is 52.8 cm³/mol. The van der Waals surface area contributed by atoms with Crippen molar-refractivity contribution in [3.63, 3.8) is 0 Å². The first-order valence-electron chi connectivity index (χ1n) is 4.54. The summed E-state index contributed by atoms with van der Waals surface area (Å²) in [5.74, 6) is -2.32. The predicted octanol–water partition coefficient (Wildman–Crippen LogP) is 1.96. The normalized spacial score (nSPS) is 13.5. The average molecular weight is 249 g/mol. The molecule has 4 N–H and O–H groups in total. The lowest BCUT2D eigenvalue weighted by Gasteiger charge is -2.19. The quantitative estimate of drug-likeness (QED) is 0.748. The van der Waals surface area contributed by atoms with Crippen molar-refractivity contribution in [3.8, 4) is 5.75 Å². The van der Waals surface area contributed by atoms with Gasteiger partial charge in [0.25, 0.3) is 0 Å². The molecule has 4 nitrogen and oxygen atoms in total. The number of aryl methyl sites for hydroxylation is 1. The summed E-state index contributed by atoms with van der Waals surface area (Å²) in [4.78, 5) is 10.8. The number of rotatable bonds is 2. The van der Waals surface area contributed by atoms with Gasteiger partial charge in [-0.1, -0.05) is 6.07 Å². The highest BCUT2D eigenvalue weighted by atomic mass is 19.4. The Kier molecular flexibility index (Phi) is 3.33. The second-order valence-corrected chi connectivity index (χ2v) is 3.52. The van der Waals surface area contributed by atoms with E-state index in [-0.39, 0.29) is 5.56 Å². The Balaban J connectivity index is 3.49. The van der Waals surface area contributed by atoms with Gasteiger partial charge in [0.1, 0.15) is 11.8 Å². The van der Waals surface area contributed by atoms with Gasteiger partial charge in [0.05, 0.1) is 5.56 Å². The first-order chi connectivity index (χ1) is 7.66. The summed E-state index contributed by atoms with van der Waals surface area (Å²) < 4.78 is 37.4. The number of hydrogen-bond acceptors (Lipinski definition) is 3. The van der Waals surface area contributed by atoms with Gasteiger partial charge in [-0.05, 0) is 18.6 Å². The molecule has 0 radical (unpaired) electrons. The third-order valence-electron chi connectivity index (χ3n) is 2.31. The number of phenols is 1. The van der Waals surface area contributed by atoms with Crippen molar-refractivity contribution in [1.29, 1.82) is 0 Å². The monoisotopic (exact) mass is 249 g/mol. The zero-order chi connectivity index (χ0) is 13.4. The highest BCUT2D eigenvalue weighted by Gasteiger charge is 2.41. The number of carboxylic acid groups (broad SMARTS) is 1. The minimum Gasteiger partial charge on any atom is -0.507 e. The van der Waals surface area contributed by atoms with Crippen molar-refractivity contribution < 1.29 is 28.2 Å². The maximum atomic E-state index is 12.5. The number of alkyl halides is 3. The molecule has 0 spiro atoms. The molecule has 0 aromatic heterocycles. The van der Waals surface area contributed by atoms with E-state index in [0.29, 0.717) is 0 Å². The van der Waals surface area contributed by atoms with Gasteiger partial charge < -0.3 is 15.9 Å². The summed E-state index contributed by atoms with van der Waals surface area (Å²) in [6, 6.07) is -0.336. The number of benzene rings is 1. The Hall–Kier alpha value is -1.76. The van der Waals surface area contributed by atoms with Gasteiger partial charge >= 0.3 is 12.1 Å². The Morgan fingerprint density at radius 3 is 2.35 bits per heavy atom. The topological polar surface area (TPSA) is 83.5 Å². The summed E-state index contributed by atoms with van der Waals surface area (Å²) in [5.41, 5.74) is 3.59. The molecule has 0 aliphatic carbocycles. The molecular formula is C10H10F3NO3. The van der Waals surface area contributed by atoms with Gasteiger partial charge in [0.15, 0.2) is 0 Å². The van der Waals surface area contributed by atoms with E-state index >= 15 is 0 Å². The minimum atomic E-state index is -4.82. The van der Waals surface area contributed by atoms with Crippen molar-refractivity contribution in [2.24, 2.45) is 5.73 Å². The molecule has 17 heavy (non-hydrogen) atoms. The van der Waals surface area contributed by atoms with Crippen LogP contribution in [0.5, 0.6) is 5.75 Å². The SMILES string of the molecule is Cc1ccc(C(=O)O)c([C@H](N)C(F)(F)F)c1O. The summed E-state index contributed by atoms with van der Waals surface area (Å²) in [7, 11) is 0. The number of hydrogen-bond donors (Lipinski definition) is 3. The van der Waals surface area contributed by atoms with E-state index in [0.717, 1.165) is 6.07 Å². The molecular weight excluding hydrogens is 239 g/mol. The van der Waals surface area contributed by atoms with Crippen molar-refractivity contribution in [3.05, 3.63) is 28.8 Å². The Labute approximate surface area is 94.5 Å². The van der Waals surface area contributed by atoms with E-state index in [1.54, 1.807) is 0 Å². The van der Waals surface area contributed by atoms with Crippen LogP contribution in [0.15, 0.2) is 12.1 Å². The van der Waals surface area contributed by atoms with Crippen LogP contribution in [0.25, 0.3) is 0 Å². The summed E-state index contributed by atoms with van der Waals surface area (Å²) in [5, 5.41) is 18.3. The van der Waals surface area contributed by atoms with Gasteiger partial charge in [-0.15, -0.1) is 0 Å². The number of carbonyl (C=O) groups is 1. The molecule has 0 unspecified atom stereocenters. The van der Waals surface area contributed by atoms with Crippen LogP contribution in [0.2, 0.25) is 0 Å². The lowest BCUT2D eigenvalue weighted by atomic mass is 9.96. The van der Waals surface area contributed by atoms with E-state index in [4.69, 9.17) is 10.8 Å². The summed E-state index contributed by atoms with van der Waals surface area (Å²) in [6.45, 7) is 1.35. The number of aromatic carboxylic acids is 1. The molecule has 1 rings (SSSR count). The minimum absolute atomic E-state index is 0.129. The fourth-order valence-electron chi connectivity index (χ4n) is 1.38. The van der Waals surface area contributed by atoms with Gasteiger partial charge in [-0.3, -0.25) is 0 Å². The summed E-state index contributed by atoms with van der Waals surface area (Å²) in [6.07, 6.45) is -4.82. The molecule has 0 saturated heterocycles. The molecule has 94 valence electrons. The van der Waals surface area contributed by atoms with Gasteiger partial charge in [-0.25, -0.2) is 4.79 Å². The van der Waals surface area contributed by atoms with Crippen LogP contribution in [-0.2, 0) is 0 Å². The molecule has 0 saturated carbocycles. The third-order valence-corrected chi connectivity index (χ3v) is 2.31. The highest BCUT2D eigenvalue weighted by molar-refractivity contribution is 5.90. The van der Waals surface area contributed by atoms with Crippen LogP contribution in [0, 0.1) is 6.92 Å². The van der Waals surface area contributed by atoms with Crippen LogP contribution in [0.1, 0.15) is 27.5 Å². The molecule has 0 heterocycles. The first kappa shape index (κ1) is 13.3. The molecule has 1 aromatic rings. The fourth-order valence-corrected chi connectivity index (χ4v) is 1.38. The van der Waals surface area contributed by atoms with Crippen LogP contribution in [0.3, 0.4) is 0 Å². The van der Waals surface area contributed by atoms with Crippen LogP contribution >= 0.6 is 0 Å². The Morgan fingerprint density at radius 2 is 1.94 bits per heavy atom. The first-order valence-corrected chi connectivity index (χ1v) is 4.54. The molecule has 7 heteroatoms. The molecule has 0 fully saturated rings. The number of phenolic OH excluding ortho intramolecular Hbond substituents is 1. The second kappa shape index (κ2) is 4.25.